The summed E-state index contributed by atoms with van der Waals surface area (Å²) in [5, 5.41) is 24.5. The summed E-state index contributed by atoms with van der Waals surface area (Å²) in [7, 11) is -4.41. The van der Waals surface area contributed by atoms with Crippen molar-refractivity contribution in [3.63, 3.8) is 0 Å². The van der Waals surface area contributed by atoms with Gasteiger partial charge in [0, 0.05) is 12.1 Å². The first-order valence-electron chi connectivity index (χ1n) is 9.17. The minimum Gasteiger partial charge on any atom is -0.478 e. The first kappa shape index (κ1) is 22.4. The zero-order valence-corrected chi connectivity index (χ0v) is 17.5. The molecule has 32 heavy (non-hydrogen) atoms. The van der Waals surface area contributed by atoms with Crippen molar-refractivity contribution in [1.82, 2.24) is 0 Å². The Morgan fingerprint density at radius 1 is 1.06 bits per heavy atom. The number of hydrogen-bond acceptors (Lipinski definition) is 7. The van der Waals surface area contributed by atoms with E-state index in [1.165, 1.54) is 36.5 Å². The van der Waals surface area contributed by atoms with Crippen molar-refractivity contribution in [2.75, 3.05) is 10.1 Å². The molecule has 10 nitrogen and oxygen atoms in total. The number of hydrogen-bond donors (Lipinski definition) is 3. The molecule has 3 aromatic rings. The van der Waals surface area contributed by atoms with Crippen LogP contribution in [-0.4, -0.2) is 30.6 Å². The SMILES string of the molecule is Cc1ccccc1/C=N\Nc1ccc([N+](=O)[O-])cc1S(=O)(=O)Nc1ccccc1C(=O)O. The van der Waals surface area contributed by atoms with Gasteiger partial charge in [-0.2, -0.15) is 5.10 Å². The molecule has 0 saturated heterocycles. The van der Waals surface area contributed by atoms with Crippen LogP contribution in [0.25, 0.3) is 0 Å². The molecule has 0 unspecified atom stereocenters. The molecule has 0 bridgehead atoms. The lowest BCUT2D eigenvalue weighted by Gasteiger charge is -2.13. The third kappa shape index (κ3) is 5.08. The predicted molar refractivity (Wildman–Crippen MR) is 120 cm³/mol. The summed E-state index contributed by atoms with van der Waals surface area (Å²) in [6.45, 7) is 1.88. The first-order chi connectivity index (χ1) is 15.2. The quantitative estimate of drug-likeness (QED) is 0.266. The third-order valence-corrected chi connectivity index (χ3v) is 5.85. The van der Waals surface area contributed by atoms with Gasteiger partial charge in [0.15, 0.2) is 0 Å². The average molecular weight is 454 g/mol. The Morgan fingerprint density at radius 3 is 2.44 bits per heavy atom. The van der Waals surface area contributed by atoms with Crippen LogP contribution in [0.3, 0.4) is 0 Å². The molecule has 0 fully saturated rings. The topological polar surface area (TPSA) is 151 Å². The normalized spacial score (nSPS) is 11.3. The van der Waals surface area contributed by atoms with Gasteiger partial charge in [-0.05, 0) is 36.2 Å². The number of para-hydroxylation sites is 1. The average Bonchev–Trinajstić information content (AvgIpc) is 2.75. The number of benzene rings is 3. The van der Waals surface area contributed by atoms with Gasteiger partial charge in [0.25, 0.3) is 15.7 Å². The fraction of sp³-hybridized carbons (Fsp3) is 0.0476. The molecule has 164 valence electrons. The van der Waals surface area contributed by atoms with Crippen LogP contribution >= 0.6 is 0 Å². The molecule has 0 radical (unpaired) electrons. The summed E-state index contributed by atoms with van der Waals surface area (Å²) in [4.78, 5) is 21.4. The molecule has 0 aliphatic carbocycles. The Bertz CT molecular complexity index is 1320. The predicted octanol–water partition coefficient (Wildman–Crippen LogP) is 3.85. The van der Waals surface area contributed by atoms with Crippen molar-refractivity contribution in [3.05, 3.63) is 93.5 Å². The van der Waals surface area contributed by atoms with Crippen molar-refractivity contribution >= 4 is 39.3 Å². The second kappa shape index (κ2) is 9.27. The summed E-state index contributed by atoms with van der Waals surface area (Å²) in [5.41, 5.74) is 3.40. The number of aromatic carboxylic acids is 1. The first-order valence-corrected chi connectivity index (χ1v) is 10.7. The molecular formula is C21H18N4O6S. The molecule has 3 N–H and O–H groups in total. The van der Waals surface area contributed by atoms with Gasteiger partial charge < -0.3 is 5.11 Å². The van der Waals surface area contributed by atoms with Crippen LogP contribution in [0, 0.1) is 17.0 Å². The van der Waals surface area contributed by atoms with Gasteiger partial charge in [0.1, 0.15) is 4.90 Å². The number of nitrogens with zero attached hydrogens (tertiary/aromatic N) is 2. The molecule has 11 heteroatoms. The van der Waals surface area contributed by atoms with Gasteiger partial charge in [0.2, 0.25) is 0 Å². The third-order valence-electron chi connectivity index (χ3n) is 4.44. The highest BCUT2D eigenvalue weighted by Gasteiger charge is 2.24. The number of anilines is 2. The van der Waals surface area contributed by atoms with Gasteiger partial charge >= 0.3 is 5.97 Å². The van der Waals surface area contributed by atoms with Crippen molar-refractivity contribution in [3.8, 4) is 0 Å². The highest BCUT2D eigenvalue weighted by atomic mass is 32.2. The number of non-ortho nitro benzene ring substituents is 1. The number of nitro groups is 1. The minimum absolute atomic E-state index is 0.0271. The smallest absolute Gasteiger partial charge is 0.337 e. The maximum absolute atomic E-state index is 13.0. The van der Waals surface area contributed by atoms with Crippen molar-refractivity contribution in [2.24, 2.45) is 5.10 Å². The van der Waals surface area contributed by atoms with Gasteiger partial charge in [-0.3, -0.25) is 20.3 Å². The Kier molecular flexibility index (Phi) is 6.50. The molecule has 0 aliphatic heterocycles. The number of aryl methyl sites for hydroxylation is 1. The van der Waals surface area contributed by atoms with Crippen LogP contribution in [0.4, 0.5) is 17.1 Å². The summed E-state index contributed by atoms with van der Waals surface area (Å²) >= 11 is 0. The maximum Gasteiger partial charge on any atom is 0.337 e. The maximum atomic E-state index is 13.0. The summed E-state index contributed by atoms with van der Waals surface area (Å²) in [6, 6.07) is 16.0. The van der Waals surface area contributed by atoms with Crippen LogP contribution in [0.2, 0.25) is 0 Å². The summed E-state index contributed by atoms with van der Waals surface area (Å²) in [5.74, 6) is -1.33. The van der Waals surface area contributed by atoms with Crippen LogP contribution in [0.15, 0.2) is 76.7 Å². The van der Waals surface area contributed by atoms with E-state index in [1.54, 1.807) is 0 Å². The number of nitrogens with one attached hydrogen (secondary N) is 2. The van der Waals surface area contributed by atoms with E-state index in [9.17, 15) is 28.4 Å². The van der Waals surface area contributed by atoms with E-state index in [1.807, 2.05) is 31.2 Å². The molecule has 0 saturated carbocycles. The lowest BCUT2D eigenvalue weighted by molar-refractivity contribution is -0.385. The van der Waals surface area contributed by atoms with Crippen molar-refractivity contribution < 1.29 is 23.2 Å². The van der Waals surface area contributed by atoms with Gasteiger partial charge in [0.05, 0.1) is 28.1 Å². The standard InChI is InChI=1S/C21H18N4O6S/c1-14-6-2-3-7-15(14)13-22-23-19-11-10-16(25(28)29)12-20(19)32(30,31)24-18-9-5-4-8-17(18)21(26)27/h2-13,23-24H,1H3,(H,26,27)/b22-13-. The molecule has 0 amide bonds. The van der Waals surface area contributed by atoms with Gasteiger partial charge in [-0.1, -0.05) is 36.4 Å². The second-order valence-corrected chi connectivity index (χ2v) is 8.27. The highest BCUT2D eigenvalue weighted by Crippen LogP contribution is 2.29. The van der Waals surface area contributed by atoms with Crippen LogP contribution in [-0.2, 0) is 10.0 Å². The summed E-state index contributed by atoms with van der Waals surface area (Å²) in [6.07, 6.45) is 1.49. The van der Waals surface area contributed by atoms with E-state index in [0.29, 0.717) is 0 Å². The monoisotopic (exact) mass is 454 g/mol. The van der Waals surface area contributed by atoms with E-state index < -0.39 is 31.5 Å². The second-order valence-electron chi connectivity index (χ2n) is 6.62. The van der Waals surface area contributed by atoms with E-state index >= 15 is 0 Å². The van der Waals surface area contributed by atoms with E-state index in [2.05, 4.69) is 15.2 Å². The molecule has 0 heterocycles. The Hall–Kier alpha value is -4.25. The molecule has 0 aromatic heterocycles. The van der Waals surface area contributed by atoms with Crippen LogP contribution in [0.5, 0.6) is 0 Å². The lowest BCUT2D eigenvalue weighted by atomic mass is 10.1. The largest absolute Gasteiger partial charge is 0.478 e. The van der Waals surface area contributed by atoms with Crippen LogP contribution in [0.1, 0.15) is 21.5 Å². The van der Waals surface area contributed by atoms with Crippen LogP contribution < -0.4 is 10.1 Å². The highest BCUT2D eigenvalue weighted by molar-refractivity contribution is 7.93. The van der Waals surface area contributed by atoms with E-state index in [0.717, 1.165) is 23.3 Å². The molecule has 0 atom stereocenters. The number of sulfonamides is 1. The Morgan fingerprint density at radius 2 is 1.75 bits per heavy atom. The zero-order chi connectivity index (χ0) is 23.3. The van der Waals surface area contributed by atoms with Crippen molar-refractivity contribution in [1.29, 1.82) is 0 Å². The number of rotatable bonds is 8. The number of carbonyl (C=O) groups is 1. The fourth-order valence-corrected chi connectivity index (χ4v) is 4.06. The molecule has 0 aliphatic rings. The Labute approximate surface area is 183 Å². The minimum atomic E-state index is -4.41. The number of hydrazone groups is 1. The van der Waals surface area contributed by atoms with E-state index in [4.69, 9.17) is 0 Å². The number of nitro benzene ring substituents is 1. The van der Waals surface area contributed by atoms with E-state index in [-0.39, 0.29) is 16.9 Å². The molecule has 0 spiro atoms. The molecule has 3 rings (SSSR count). The van der Waals surface area contributed by atoms with Gasteiger partial charge in [-0.25, -0.2) is 13.2 Å². The lowest BCUT2D eigenvalue weighted by Crippen LogP contribution is -2.17. The number of carboxylic acids is 1. The number of carboxylic acid groups (broad SMARTS) is 1. The van der Waals surface area contributed by atoms with Gasteiger partial charge in [-0.15, -0.1) is 0 Å². The molecular weight excluding hydrogens is 436 g/mol. The molecule has 3 aromatic carbocycles. The Balaban J connectivity index is 2.00. The fourth-order valence-electron chi connectivity index (χ4n) is 2.80. The van der Waals surface area contributed by atoms with Crippen molar-refractivity contribution in [2.45, 2.75) is 11.8 Å². The zero-order valence-electron chi connectivity index (χ0n) is 16.7. The summed E-state index contributed by atoms with van der Waals surface area (Å²) < 4.78 is 28.3.